The molecule has 2 heterocycles. The zero-order chi connectivity index (χ0) is 14.0. The number of hydrogen-bond acceptors (Lipinski definition) is 4. The highest BCUT2D eigenvalue weighted by molar-refractivity contribution is 4.68. The summed E-state index contributed by atoms with van der Waals surface area (Å²) in [6.07, 6.45) is 8.54. The Kier molecular flexibility index (Phi) is 7.88. The molecule has 3 atom stereocenters. The zero-order valence-corrected chi connectivity index (χ0v) is 12.9. The van der Waals surface area contributed by atoms with E-state index in [0.29, 0.717) is 18.1 Å². The van der Waals surface area contributed by atoms with E-state index < -0.39 is 0 Å². The zero-order valence-electron chi connectivity index (χ0n) is 12.9. The number of rotatable bonds is 14. The highest BCUT2D eigenvalue weighted by Gasteiger charge is 2.22. The summed E-state index contributed by atoms with van der Waals surface area (Å²) in [5.41, 5.74) is 0. The Bertz CT molecular complexity index is 239. The lowest BCUT2D eigenvalue weighted by Gasteiger charge is -2.11. The van der Waals surface area contributed by atoms with Gasteiger partial charge in [0, 0.05) is 13.2 Å². The Morgan fingerprint density at radius 1 is 0.900 bits per heavy atom. The lowest BCUT2D eigenvalue weighted by Crippen LogP contribution is -2.09. The fraction of sp³-hybridized carbons (Fsp3) is 1.00. The van der Waals surface area contributed by atoms with Crippen molar-refractivity contribution in [2.24, 2.45) is 5.92 Å². The molecule has 0 aliphatic carbocycles. The Morgan fingerprint density at radius 3 is 2.20 bits per heavy atom. The first-order chi connectivity index (χ1) is 9.84. The number of unbranched alkanes of at least 4 members (excludes halogenated alkanes) is 4. The van der Waals surface area contributed by atoms with Crippen molar-refractivity contribution in [3.63, 3.8) is 0 Å². The van der Waals surface area contributed by atoms with E-state index in [1.54, 1.807) is 0 Å². The highest BCUT2D eigenvalue weighted by atomic mass is 16.6. The third-order valence-electron chi connectivity index (χ3n) is 3.80. The monoisotopic (exact) mass is 286 g/mol. The number of hydrogen-bond donors (Lipinski definition) is 0. The van der Waals surface area contributed by atoms with Crippen LogP contribution >= 0.6 is 0 Å². The molecule has 0 amide bonds. The summed E-state index contributed by atoms with van der Waals surface area (Å²) in [6.45, 7) is 7.44. The van der Waals surface area contributed by atoms with Crippen LogP contribution in [-0.2, 0) is 18.9 Å². The maximum atomic E-state index is 5.61. The molecule has 0 bridgehead atoms. The summed E-state index contributed by atoms with van der Waals surface area (Å²) >= 11 is 0. The molecule has 0 saturated carbocycles. The fourth-order valence-electron chi connectivity index (χ4n) is 2.25. The van der Waals surface area contributed by atoms with Gasteiger partial charge in [-0.15, -0.1) is 0 Å². The van der Waals surface area contributed by atoms with Crippen LogP contribution in [0.15, 0.2) is 0 Å². The minimum Gasteiger partial charge on any atom is -0.379 e. The van der Waals surface area contributed by atoms with E-state index in [-0.39, 0.29) is 0 Å². The van der Waals surface area contributed by atoms with Crippen LogP contribution in [0.4, 0.5) is 0 Å². The van der Waals surface area contributed by atoms with E-state index in [1.165, 1.54) is 38.5 Å². The minimum atomic E-state index is 0.399. The molecule has 0 spiro atoms. The van der Waals surface area contributed by atoms with Crippen molar-refractivity contribution in [1.82, 2.24) is 0 Å². The van der Waals surface area contributed by atoms with E-state index in [0.717, 1.165) is 39.6 Å². The predicted molar refractivity (Wildman–Crippen MR) is 78.0 cm³/mol. The molecule has 0 radical (unpaired) electrons. The molecule has 2 rings (SSSR count). The Balaban J connectivity index is 1.25. The van der Waals surface area contributed by atoms with E-state index in [9.17, 15) is 0 Å². The molecule has 2 fully saturated rings. The van der Waals surface area contributed by atoms with Gasteiger partial charge in [-0.25, -0.2) is 0 Å². The van der Waals surface area contributed by atoms with Crippen molar-refractivity contribution in [2.45, 2.75) is 57.7 Å². The summed E-state index contributed by atoms with van der Waals surface area (Å²) in [7, 11) is 0. The van der Waals surface area contributed by atoms with Gasteiger partial charge in [-0.3, -0.25) is 0 Å². The molecule has 0 aromatic carbocycles. The van der Waals surface area contributed by atoms with Gasteiger partial charge in [-0.1, -0.05) is 32.6 Å². The first-order valence-electron chi connectivity index (χ1n) is 8.23. The predicted octanol–water partition coefficient (Wildman–Crippen LogP) is 2.79. The van der Waals surface area contributed by atoms with Crippen LogP contribution < -0.4 is 0 Å². The molecule has 4 heteroatoms. The molecule has 2 saturated heterocycles. The third kappa shape index (κ3) is 8.90. The normalized spacial score (nSPS) is 25.6. The minimum absolute atomic E-state index is 0.399. The van der Waals surface area contributed by atoms with Crippen LogP contribution in [0.5, 0.6) is 0 Å². The number of epoxide rings is 2. The van der Waals surface area contributed by atoms with Crippen molar-refractivity contribution < 1.29 is 18.9 Å². The van der Waals surface area contributed by atoms with Crippen LogP contribution in [-0.4, -0.2) is 51.8 Å². The van der Waals surface area contributed by atoms with Crippen molar-refractivity contribution in [3.8, 4) is 0 Å². The van der Waals surface area contributed by atoms with Gasteiger partial charge < -0.3 is 18.9 Å². The number of ether oxygens (including phenoxy) is 4. The Morgan fingerprint density at radius 2 is 1.50 bits per heavy atom. The molecule has 0 aromatic heterocycles. The van der Waals surface area contributed by atoms with Gasteiger partial charge in [-0.2, -0.15) is 0 Å². The van der Waals surface area contributed by atoms with Crippen LogP contribution in [0.3, 0.4) is 0 Å². The molecule has 0 N–H and O–H groups in total. The van der Waals surface area contributed by atoms with Gasteiger partial charge in [0.15, 0.2) is 0 Å². The summed E-state index contributed by atoms with van der Waals surface area (Å²) in [5, 5.41) is 0. The second-order valence-corrected chi connectivity index (χ2v) is 6.18. The molecule has 118 valence electrons. The van der Waals surface area contributed by atoms with Crippen molar-refractivity contribution >= 4 is 0 Å². The lowest BCUT2D eigenvalue weighted by atomic mass is 10.0. The highest BCUT2D eigenvalue weighted by Crippen LogP contribution is 2.14. The van der Waals surface area contributed by atoms with Gasteiger partial charge in [0.2, 0.25) is 0 Å². The summed E-state index contributed by atoms with van der Waals surface area (Å²) in [4.78, 5) is 0. The standard InChI is InChI=1S/C16H30O4/c1-14(9-18-11-16-13-20-16)7-5-3-2-4-6-8-17-10-15-12-19-15/h14-16H,2-13H2,1H3. The first-order valence-corrected chi connectivity index (χ1v) is 8.23. The summed E-state index contributed by atoms with van der Waals surface area (Å²) in [6, 6.07) is 0. The maximum Gasteiger partial charge on any atom is 0.104 e. The van der Waals surface area contributed by atoms with E-state index >= 15 is 0 Å². The van der Waals surface area contributed by atoms with Gasteiger partial charge >= 0.3 is 0 Å². The van der Waals surface area contributed by atoms with Gasteiger partial charge in [-0.05, 0) is 18.8 Å². The average molecular weight is 286 g/mol. The van der Waals surface area contributed by atoms with Crippen molar-refractivity contribution in [1.29, 1.82) is 0 Å². The Hall–Kier alpha value is -0.160. The fourth-order valence-corrected chi connectivity index (χ4v) is 2.25. The SMILES string of the molecule is CC(CCCCCCCOCC1CO1)COCC1CO1. The molecule has 20 heavy (non-hydrogen) atoms. The Labute approximate surface area is 123 Å². The van der Waals surface area contributed by atoms with Crippen LogP contribution in [0.1, 0.15) is 45.4 Å². The van der Waals surface area contributed by atoms with Crippen LogP contribution in [0.25, 0.3) is 0 Å². The molecule has 4 nitrogen and oxygen atoms in total. The topological polar surface area (TPSA) is 43.5 Å². The third-order valence-corrected chi connectivity index (χ3v) is 3.80. The molecule has 0 aromatic rings. The molecular formula is C16H30O4. The van der Waals surface area contributed by atoms with E-state index in [4.69, 9.17) is 18.9 Å². The quantitative estimate of drug-likeness (QED) is 0.364. The van der Waals surface area contributed by atoms with Gasteiger partial charge in [0.25, 0.3) is 0 Å². The summed E-state index contributed by atoms with van der Waals surface area (Å²) < 4.78 is 21.3. The average Bonchev–Trinajstić information content (AvgIpc) is 3.31. The largest absolute Gasteiger partial charge is 0.379 e. The van der Waals surface area contributed by atoms with Gasteiger partial charge in [0.1, 0.15) is 12.2 Å². The van der Waals surface area contributed by atoms with Crippen molar-refractivity contribution in [2.75, 3.05) is 39.6 Å². The van der Waals surface area contributed by atoms with Crippen LogP contribution in [0.2, 0.25) is 0 Å². The summed E-state index contributed by atoms with van der Waals surface area (Å²) in [5.74, 6) is 0.677. The smallest absolute Gasteiger partial charge is 0.104 e. The first kappa shape index (κ1) is 16.2. The maximum absolute atomic E-state index is 5.61. The molecule has 2 aliphatic heterocycles. The van der Waals surface area contributed by atoms with E-state index in [2.05, 4.69) is 6.92 Å². The second-order valence-electron chi connectivity index (χ2n) is 6.18. The second kappa shape index (κ2) is 9.72. The van der Waals surface area contributed by atoms with Crippen LogP contribution in [0, 0.1) is 5.92 Å². The van der Waals surface area contributed by atoms with Gasteiger partial charge in [0.05, 0.1) is 26.4 Å². The molecular weight excluding hydrogens is 256 g/mol. The van der Waals surface area contributed by atoms with Crippen molar-refractivity contribution in [3.05, 3.63) is 0 Å². The molecule has 3 unspecified atom stereocenters. The lowest BCUT2D eigenvalue weighted by molar-refractivity contribution is 0.0874. The molecule has 2 aliphatic rings. The van der Waals surface area contributed by atoms with E-state index in [1.807, 2.05) is 0 Å².